The molecule has 3 heterocycles. The van der Waals surface area contributed by atoms with Crippen molar-refractivity contribution < 1.29 is 4.79 Å². The summed E-state index contributed by atoms with van der Waals surface area (Å²) in [7, 11) is 0. The Balaban J connectivity index is 1.66. The molecule has 2 aromatic heterocycles. The van der Waals surface area contributed by atoms with Crippen molar-refractivity contribution in [1.82, 2.24) is 20.2 Å². The van der Waals surface area contributed by atoms with Crippen molar-refractivity contribution in [3.8, 4) is 0 Å². The summed E-state index contributed by atoms with van der Waals surface area (Å²) in [6.07, 6.45) is 4.21. The van der Waals surface area contributed by atoms with Crippen LogP contribution in [-0.4, -0.2) is 27.3 Å². The summed E-state index contributed by atoms with van der Waals surface area (Å²) in [4.78, 5) is 22.6. The number of nitrogens with zero attached hydrogens (tertiary/aromatic N) is 3. The van der Waals surface area contributed by atoms with E-state index in [0.29, 0.717) is 12.6 Å². The Labute approximate surface area is 140 Å². The number of amides is 1. The second-order valence-corrected chi connectivity index (χ2v) is 7.05. The van der Waals surface area contributed by atoms with Crippen LogP contribution in [0.2, 0.25) is 0 Å². The molecule has 2 aromatic rings. The van der Waals surface area contributed by atoms with Gasteiger partial charge in [0.2, 0.25) is 5.91 Å². The monoisotopic (exact) mass is 330 g/mol. The first kappa shape index (κ1) is 16.1. The van der Waals surface area contributed by atoms with Gasteiger partial charge in [0.15, 0.2) is 0 Å². The van der Waals surface area contributed by atoms with Crippen LogP contribution >= 0.6 is 11.3 Å². The predicted octanol–water partition coefficient (Wildman–Crippen LogP) is 2.82. The molecule has 1 saturated heterocycles. The van der Waals surface area contributed by atoms with Gasteiger partial charge >= 0.3 is 0 Å². The zero-order chi connectivity index (χ0) is 16.2. The molecule has 1 unspecified atom stereocenters. The number of hydrogen-bond acceptors (Lipinski definition) is 5. The molecule has 0 spiro atoms. The first-order chi connectivity index (χ1) is 11.1. The van der Waals surface area contributed by atoms with Crippen LogP contribution in [0.3, 0.4) is 0 Å². The van der Waals surface area contributed by atoms with E-state index < -0.39 is 0 Å². The summed E-state index contributed by atoms with van der Waals surface area (Å²) in [5.74, 6) is -0.0189. The Morgan fingerprint density at radius 3 is 3.00 bits per heavy atom. The minimum atomic E-state index is -0.0189. The van der Waals surface area contributed by atoms with Crippen molar-refractivity contribution in [1.29, 1.82) is 0 Å². The molecule has 0 bridgehead atoms. The third-order valence-corrected chi connectivity index (χ3v) is 4.95. The summed E-state index contributed by atoms with van der Waals surface area (Å²) in [5, 5.41) is 6.07. The van der Waals surface area contributed by atoms with Crippen LogP contribution < -0.4 is 5.32 Å². The van der Waals surface area contributed by atoms with Crippen LogP contribution in [0.4, 0.5) is 0 Å². The average molecular weight is 330 g/mol. The van der Waals surface area contributed by atoms with Crippen LogP contribution in [0.15, 0.2) is 23.7 Å². The molecular weight excluding hydrogens is 308 g/mol. The number of likely N-dealkylation sites (tertiary alicyclic amines) is 1. The van der Waals surface area contributed by atoms with Crippen molar-refractivity contribution in [2.24, 2.45) is 0 Å². The van der Waals surface area contributed by atoms with Gasteiger partial charge in [0, 0.05) is 31.6 Å². The van der Waals surface area contributed by atoms with Crippen LogP contribution in [-0.2, 0) is 17.9 Å². The molecule has 1 fully saturated rings. The van der Waals surface area contributed by atoms with E-state index in [0.717, 1.165) is 41.5 Å². The molecule has 1 atom stereocenters. The molecule has 0 saturated carbocycles. The van der Waals surface area contributed by atoms with Crippen LogP contribution in [0.5, 0.6) is 0 Å². The topological polar surface area (TPSA) is 58.1 Å². The fourth-order valence-corrected chi connectivity index (χ4v) is 3.61. The summed E-state index contributed by atoms with van der Waals surface area (Å²) in [6.45, 7) is 6.10. The number of carbonyl (C=O) groups is 1. The van der Waals surface area contributed by atoms with Crippen LogP contribution in [0.25, 0.3) is 0 Å². The lowest BCUT2D eigenvalue weighted by Gasteiger charge is -2.23. The van der Waals surface area contributed by atoms with Gasteiger partial charge in [-0.15, -0.1) is 11.3 Å². The highest BCUT2D eigenvalue weighted by atomic mass is 32.1. The highest BCUT2D eigenvalue weighted by Gasteiger charge is 2.27. The maximum Gasteiger partial charge on any atom is 0.217 e. The Morgan fingerprint density at radius 2 is 2.35 bits per heavy atom. The number of hydrogen-bond donors (Lipinski definition) is 1. The normalized spacial score (nSPS) is 18.3. The Kier molecular flexibility index (Phi) is 5.03. The highest BCUT2D eigenvalue weighted by Crippen LogP contribution is 2.32. The average Bonchev–Trinajstić information content (AvgIpc) is 3.15. The maximum atomic E-state index is 11.0. The van der Waals surface area contributed by atoms with Crippen molar-refractivity contribution in [2.45, 2.75) is 45.8 Å². The van der Waals surface area contributed by atoms with E-state index in [1.165, 1.54) is 13.3 Å². The minimum Gasteiger partial charge on any atom is -0.352 e. The standard InChI is InChI=1S/C17H22N4OS/c1-12(22)18-8-14-5-6-16(19-9-14)17-4-3-7-21(17)10-15-11-23-13(2)20-15/h5-6,9,11,17H,3-4,7-8,10H2,1-2H3,(H,18,22). The van der Waals surface area contributed by atoms with Gasteiger partial charge in [-0.25, -0.2) is 4.98 Å². The van der Waals surface area contributed by atoms with Crippen molar-refractivity contribution in [2.75, 3.05) is 6.54 Å². The lowest BCUT2D eigenvalue weighted by Crippen LogP contribution is -2.24. The molecule has 23 heavy (non-hydrogen) atoms. The SMILES string of the molecule is CC(=O)NCc1ccc(C2CCCN2Cc2csc(C)n2)nc1. The lowest BCUT2D eigenvalue weighted by atomic mass is 10.1. The number of carbonyl (C=O) groups excluding carboxylic acids is 1. The number of aryl methyl sites for hydroxylation is 1. The first-order valence-corrected chi connectivity index (χ1v) is 8.84. The number of rotatable bonds is 5. The van der Waals surface area contributed by atoms with Gasteiger partial charge in [0.25, 0.3) is 0 Å². The number of thiazole rings is 1. The molecule has 122 valence electrons. The molecule has 1 amide bonds. The third-order valence-electron chi connectivity index (χ3n) is 4.13. The summed E-state index contributed by atoms with van der Waals surface area (Å²) in [6, 6.07) is 4.51. The zero-order valence-electron chi connectivity index (χ0n) is 13.6. The van der Waals surface area contributed by atoms with E-state index in [2.05, 4.69) is 37.7 Å². The van der Waals surface area contributed by atoms with Crippen molar-refractivity contribution >= 4 is 17.2 Å². The lowest BCUT2D eigenvalue weighted by molar-refractivity contribution is -0.119. The molecule has 1 aliphatic heterocycles. The Morgan fingerprint density at radius 1 is 1.48 bits per heavy atom. The fraction of sp³-hybridized carbons (Fsp3) is 0.471. The predicted molar refractivity (Wildman–Crippen MR) is 91.0 cm³/mol. The molecule has 6 heteroatoms. The maximum absolute atomic E-state index is 11.0. The molecule has 0 aromatic carbocycles. The number of aromatic nitrogens is 2. The largest absolute Gasteiger partial charge is 0.352 e. The first-order valence-electron chi connectivity index (χ1n) is 7.96. The zero-order valence-corrected chi connectivity index (χ0v) is 14.4. The Hall–Kier alpha value is -1.79. The van der Waals surface area contributed by atoms with E-state index in [4.69, 9.17) is 0 Å². The van der Waals surface area contributed by atoms with Crippen LogP contribution in [0, 0.1) is 6.92 Å². The summed E-state index contributed by atoms with van der Waals surface area (Å²) in [5.41, 5.74) is 3.30. The molecular formula is C17H22N4OS. The number of nitrogens with one attached hydrogen (secondary N) is 1. The number of pyridine rings is 1. The fourth-order valence-electron chi connectivity index (χ4n) is 3.00. The highest BCUT2D eigenvalue weighted by molar-refractivity contribution is 7.09. The molecule has 0 radical (unpaired) electrons. The van der Waals surface area contributed by atoms with E-state index in [-0.39, 0.29) is 5.91 Å². The van der Waals surface area contributed by atoms with Crippen molar-refractivity contribution in [3.05, 3.63) is 45.7 Å². The summed E-state index contributed by atoms with van der Waals surface area (Å²) < 4.78 is 0. The van der Waals surface area contributed by atoms with Gasteiger partial charge in [-0.1, -0.05) is 6.07 Å². The third kappa shape index (κ3) is 4.14. The molecule has 1 N–H and O–H groups in total. The van der Waals surface area contributed by atoms with Gasteiger partial charge in [-0.3, -0.25) is 14.7 Å². The van der Waals surface area contributed by atoms with Gasteiger partial charge in [-0.05, 0) is 37.9 Å². The van der Waals surface area contributed by atoms with Crippen molar-refractivity contribution in [3.63, 3.8) is 0 Å². The van der Waals surface area contributed by atoms with E-state index in [1.54, 1.807) is 11.3 Å². The molecule has 3 rings (SSSR count). The summed E-state index contributed by atoms with van der Waals surface area (Å²) >= 11 is 1.71. The molecule has 1 aliphatic rings. The Bertz CT molecular complexity index is 667. The van der Waals surface area contributed by atoms with E-state index in [9.17, 15) is 4.79 Å². The van der Waals surface area contributed by atoms with Gasteiger partial charge in [0.1, 0.15) is 0 Å². The minimum absolute atomic E-state index is 0.0189. The molecule has 0 aliphatic carbocycles. The molecule has 5 nitrogen and oxygen atoms in total. The van der Waals surface area contributed by atoms with Gasteiger partial charge in [-0.2, -0.15) is 0 Å². The second kappa shape index (κ2) is 7.19. The smallest absolute Gasteiger partial charge is 0.217 e. The van der Waals surface area contributed by atoms with E-state index >= 15 is 0 Å². The van der Waals surface area contributed by atoms with Gasteiger partial charge < -0.3 is 5.32 Å². The quantitative estimate of drug-likeness (QED) is 0.916. The van der Waals surface area contributed by atoms with E-state index in [1.807, 2.05) is 13.1 Å². The second-order valence-electron chi connectivity index (χ2n) is 5.99. The van der Waals surface area contributed by atoms with Gasteiger partial charge in [0.05, 0.1) is 22.4 Å². The van der Waals surface area contributed by atoms with Crippen LogP contribution in [0.1, 0.15) is 47.8 Å².